The van der Waals surface area contributed by atoms with Crippen LogP contribution < -0.4 is 10.9 Å². The number of carbonyl (C=O) groups excluding carboxylic acids is 1. The maximum atomic E-state index is 13.4. The molecular weight excluding hydrogens is 458 g/mol. The van der Waals surface area contributed by atoms with Crippen LogP contribution in [0, 0.1) is 0 Å². The van der Waals surface area contributed by atoms with Gasteiger partial charge in [0, 0.05) is 0 Å². The van der Waals surface area contributed by atoms with Crippen LogP contribution in [0.2, 0.25) is 0 Å². The SMILES string of the molecule is O=C(CSc1nnc2n(-c3ccccc3)c(=O)c3ccccc3n12)N[C@@H]1CCCc2ccccc21. The van der Waals surface area contributed by atoms with Crippen LogP contribution in [0.25, 0.3) is 22.4 Å². The molecule has 8 heteroatoms. The average molecular weight is 482 g/mol. The van der Waals surface area contributed by atoms with Gasteiger partial charge in [0.25, 0.3) is 5.56 Å². The Morgan fingerprint density at radius 2 is 1.74 bits per heavy atom. The van der Waals surface area contributed by atoms with Crippen LogP contribution in [0.3, 0.4) is 0 Å². The van der Waals surface area contributed by atoms with E-state index in [0.29, 0.717) is 27.5 Å². The molecule has 3 aromatic carbocycles. The van der Waals surface area contributed by atoms with Crippen LogP contribution in [0.1, 0.15) is 30.0 Å². The summed E-state index contributed by atoms with van der Waals surface area (Å²) in [6, 6.07) is 25.2. The van der Waals surface area contributed by atoms with E-state index in [4.69, 9.17) is 0 Å². The molecule has 174 valence electrons. The highest BCUT2D eigenvalue weighted by atomic mass is 32.2. The van der Waals surface area contributed by atoms with Crippen LogP contribution in [-0.4, -0.2) is 30.8 Å². The Balaban J connectivity index is 1.33. The van der Waals surface area contributed by atoms with Gasteiger partial charge in [-0.3, -0.25) is 14.0 Å². The van der Waals surface area contributed by atoms with E-state index < -0.39 is 0 Å². The Labute approximate surface area is 205 Å². The molecule has 35 heavy (non-hydrogen) atoms. The summed E-state index contributed by atoms with van der Waals surface area (Å²) in [6.07, 6.45) is 3.06. The van der Waals surface area contributed by atoms with Crippen molar-refractivity contribution in [2.45, 2.75) is 30.5 Å². The van der Waals surface area contributed by atoms with E-state index in [9.17, 15) is 9.59 Å². The van der Waals surface area contributed by atoms with Gasteiger partial charge in [-0.1, -0.05) is 66.4 Å². The second-order valence-corrected chi connectivity index (χ2v) is 9.55. The maximum Gasteiger partial charge on any atom is 0.267 e. The van der Waals surface area contributed by atoms with Crippen molar-refractivity contribution in [1.82, 2.24) is 24.5 Å². The van der Waals surface area contributed by atoms with Crippen molar-refractivity contribution in [3.8, 4) is 5.69 Å². The zero-order valence-corrected chi connectivity index (χ0v) is 19.7. The summed E-state index contributed by atoms with van der Waals surface area (Å²) in [4.78, 5) is 26.3. The molecule has 0 saturated heterocycles. The standard InChI is InChI=1S/C27H23N5O2S/c33-24(28-22-15-8-10-18-9-4-5-13-20(18)22)17-35-27-30-29-26-31(19-11-2-1-3-12-19)25(34)21-14-6-7-16-23(21)32(26)27/h1-7,9,11-14,16,22H,8,10,15,17H2,(H,28,33)/t22-/m1/s1. The monoisotopic (exact) mass is 481 g/mol. The van der Waals surface area contributed by atoms with Gasteiger partial charge < -0.3 is 5.32 Å². The fourth-order valence-corrected chi connectivity index (χ4v) is 5.60. The van der Waals surface area contributed by atoms with Crippen molar-refractivity contribution in [2.24, 2.45) is 0 Å². The molecule has 6 rings (SSSR count). The first-order chi connectivity index (χ1) is 17.2. The van der Waals surface area contributed by atoms with Gasteiger partial charge in [-0.25, -0.2) is 4.57 Å². The molecule has 1 N–H and O–H groups in total. The third kappa shape index (κ3) is 3.89. The van der Waals surface area contributed by atoms with E-state index in [-0.39, 0.29) is 23.3 Å². The smallest absolute Gasteiger partial charge is 0.267 e. The largest absolute Gasteiger partial charge is 0.349 e. The molecule has 5 aromatic rings. The quantitative estimate of drug-likeness (QED) is 0.378. The summed E-state index contributed by atoms with van der Waals surface area (Å²) < 4.78 is 3.43. The van der Waals surface area contributed by atoms with Crippen molar-refractivity contribution in [2.75, 3.05) is 5.75 Å². The minimum absolute atomic E-state index is 0.0345. The number of carbonyl (C=O) groups is 1. The molecule has 0 bridgehead atoms. The van der Waals surface area contributed by atoms with E-state index in [1.807, 2.05) is 59.0 Å². The minimum atomic E-state index is -0.156. The van der Waals surface area contributed by atoms with Gasteiger partial charge in [0.1, 0.15) is 0 Å². The van der Waals surface area contributed by atoms with E-state index in [1.165, 1.54) is 22.9 Å². The highest BCUT2D eigenvalue weighted by Crippen LogP contribution is 2.30. The van der Waals surface area contributed by atoms with Crippen molar-refractivity contribution in [3.63, 3.8) is 0 Å². The number of hydrogen-bond acceptors (Lipinski definition) is 5. The first kappa shape index (κ1) is 21.6. The van der Waals surface area contributed by atoms with Crippen LogP contribution in [0.5, 0.6) is 0 Å². The molecule has 0 fully saturated rings. The van der Waals surface area contributed by atoms with E-state index >= 15 is 0 Å². The molecular formula is C27H23N5O2S. The molecule has 2 heterocycles. The van der Waals surface area contributed by atoms with Crippen molar-refractivity contribution < 1.29 is 4.79 Å². The number of thioether (sulfide) groups is 1. The molecule has 1 atom stereocenters. The Hall–Kier alpha value is -3.91. The van der Waals surface area contributed by atoms with Gasteiger partial charge in [-0.15, -0.1) is 10.2 Å². The summed E-state index contributed by atoms with van der Waals surface area (Å²) >= 11 is 1.32. The molecule has 2 aromatic heterocycles. The van der Waals surface area contributed by atoms with Gasteiger partial charge in [0.15, 0.2) is 5.16 Å². The lowest BCUT2D eigenvalue weighted by Gasteiger charge is -2.26. The first-order valence-corrected chi connectivity index (χ1v) is 12.6. The van der Waals surface area contributed by atoms with E-state index in [1.54, 1.807) is 10.6 Å². The molecule has 0 spiro atoms. The normalized spacial score (nSPS) is 15.3. The number of hydrogen-bond donors (Lipinski definition) is 1. The molecule has 1 aliphatic carbocycles. The predicted molar refractivity (Wildman–Crippen MR) is 137 cm³/mol. The van der Waals surface area contributed by atoms with Crippen LogP contribution in [0.15, 0.2) is 88.8 Å². The third-order valence-corrected chi connectivity index (χ3v) is 7.38. The van der Waals surface area contributed by atoms with Gasteiger partial charge in [0.05, 0.1) is 28.4 Å². The highest BCUT2D eigenvalue weighted by molar-refractivity contribution is 7.99. The van der Waals surface area contributed by atoms with Crippen LogP contribution in [0.4, 0.5) is 0 Å². The Kier molecular flexibility index (Phi) is 5.58. The lowest BCUT2D eigenvalue weighted by atomic mass is 9.88. The first-order valence-electron chi connectivity index (χ1n) is 11.6. The maximum absolute atomic E-state index is 13.4. The predicted octanol–water partition coefficient (Wildman–Crippen LogP) is 4.32. The van der Waals surface area contributed by atoms with E-state index in [0.717, 1.165) is 19.3 Å². The number of fused-ring (bicyclic) bond motifs is 4. The Morgan fingerprint density at radius 1 is 0.971 bits per heavy atom. The highest BCUT2D eigenvalue weighted by Gasteiger charge is 2.22. The summed E-state index contributed by atoms with van der Waals surface area (Å²) in [5.74, 6) is 0.580. The molecule has 1 aliphatic rings. The third-order valence-electron chi connectivity index (χ3n) is 6.45. The van der Waals surface area contributed by atoms with Gasteiger partial charge in [0.2, 0.25) is 11.7 Å². The van der Waals surface area contributed by atoms with Crippen LogP contribution in [-0.2, 0) is 11.2 Å². The molecule has 0 aliphatic heterocycles. The summed E-state index contributed by atoms with van der Waals surface area (Å²) in [7, 11) is 0. The fourth-order valence-electron chi connectivity index (χ4n) is 4.85. The number of benzene rings is 3. The lowest BCUT2D eigenvalue weighted by molar-refractivity contribution is -0.119. The summed E-state index contributed by atoms with van der Waals surface area (Å²) in [6.45, 7) is 0. The number of aromatic nitrogens is 4. The zero-order chi connectivity index (χ0) is 23.8. The number of aryl methyl sites for hydroxylation is 1. The summed E-state index contributed by atoms with van der Waals surface area (Å²) in [5, 5.41) is 13.0. The molecule has 7 nitrogen and oxygen atoms in total. The van der Waals surface area contributed by atoms with Gasteiger partial charge >= 0.3 is 0 Å². The lowest BCUT2D eigenvalue weighted by Crippen LogP contribution is -2.32. The fraction of sp³-hybridized carbons (Fsp3) is 0.185. The van der Waals surface area contributed by atoms with Crippen molar-refractivity contribution >= 4 is 34.3 Å². The average Bonchev–Trinajstić information content (AvgIpc) is 3.32. The molecule has 0 radical (unpaired) electrons. The minimum Gasteiger partial charge on any atom is -0.349 e. The second kappa shape index (κ2) is 9.03. The summed E-state index contributed by atoms with van der Waals surface area (Å²) in [5.41, 5.74) is 3.80. The van der Waals surface area contributed by atoms with E-state index in [2.05, 4.69) is 33.7 Å². The zero-order valence-electron chi connectivity index (χ0n) is 18.9. The molecule has 0 saturated carbocycles. The number of para-hydroxylation sites is 2. The number of nitrogens with zero attached hydrogens (tertiary/aromatic N) is 4. The number of nitrogens with one attached hydrogen (secondary N) is 1. The van der Waals surface area contributed by atoms with Crippen molar-refractivity contribution in [1.29, 1.82) is 0 Å². The molecule has 1 amide bonds. The Morgan fingerprint density at radius 3 is 2.63 bits per heavy atom. The van der Waals surface area contributed by atoms with Crippen LogP contribution >= 0.6 is 11.8 Å². The second-order valence-electron chi connectivity index (χ2n) is 8.61. The Bertz CT molecular complexity index is 1610. The van der Waals surface area contributed by atoms with Gasteiger partial charge in [-0.2, -0.15) is 0 Å². The van der Waals surface area contributed by atoms with Gasteiger partial charge in [-0.05, 0) is 54.7 Å². The number of amides is 1. The number of rotatable bonds is 5. The molecule has 0 unspecified atom stereocenters. The van der Waals surface area contributed by atoms with Crippen molar-refractivity contribution in [3.05, 3.63) is 100 Å². The topological polar surface area (TPSA) is 81.3 Å².